The van der Waals surface area contributed by atoms with Gasteiger partial charge in [-0.2, -0.15) is 0 Å². The molecule has 0 saturated heterocycles. The number of aromatic nitrogens is 3. The van der Waals surface area contributed by atoms with E-state index in [1.165, 1.54) is 29.8 Å². The summed E-state index contributed by atoms with van der Waals surface area (Å²) in [5, 5.41) is 3.52. The standard InChI is InChI=1S/C29H22F2N4OS/c30-23-10-6-19(7-11-23)16-26(36)33-25-17-22(14-15-32-25)28-27(21-8-12-24(31)13-9-21)34-29(35-28)37-18-20-4-2-1-3-5-20/h1-15,17H,16,18H2,(H,34,35)(H,32,33,36). The van der Waals surface area contributed by atoms with Crippen LogP contribution >= 0.6 is 11.8 Å². The summed E-state index contributed by atoms with van der Waals surface area (Å²) in [6.07, 6.45) is 1.69. The third kappa shape index (κ3) is 6.29. The van der Waals surface area contributed by atoms with Crippen LogP contribution in [0.1, 0.15) is 11.1 Å². The highest BCUT2D eigenvalue weighted by atomic mass is 32.2. The van der Waals surface area contributed by atoms with Gasteiger partial charge in [-0.25, -0.2) is 18.7 Å². The minimum Gasteiger partial charge on any atom is -0.332 e. The van der Waals surface area contributed by atoms with Crippen molar-refractivity contribution < 1.29 is 13.6 Å². The molecular weight excluding hydrogens is 490 g/mol. The molecule has 5 nitrogen and oxygen atoms in total. The van der Waals surface area contributed by atoms with E-state index in [1.54, 1.807) is 48.3 Å². The molecule has 0 atom stereocenters. The van der Waals surface area contributed by atoms with Crippen molar-refractivity contribution in [3.8, 4) is 22.5 Å². The fourth-order valence-electron chi connectivity index (χ4n) is 3.80. The van der Waals surface area contributed by atoms with Crippen LogP contribution in [0.15, 0.2) is 102 Å². The van der Waals surface area contributed by atoms with Gasteiger partial charge in [-0.05, 0) is 59.7 Å². The Hall–Kier alpha value is -4.30. The number of pyridine rings is 1. The number of aromatic amines is 1. The summed E-state index contributed by atoms with van der Waals surface area (Å²) in [5.74, 6) is 0.166. The maximum Gasteiger partial charge on any atom is 0.229 e. The average Bonchev–Trinajstić information content (AvgIpc) is 3.34. The lowest BCUT2D eigenvalue weighted by Crippen LogP contribution is -2.15. The van der Waals surface area contributed by atoms with Crippen LogP contribution in [0, 0.1) is 11.6 Å². The van der Waals surface area contributed by atoms with Gasteiger partial charge >= 0.3 is 0 Å². The first-order chi connectivity index (χ1) is 18.0. The molecule has 1 amide bonds. The van der Waals surface area contributed by atoms with Gasteiger partial charge in [0, 0.05) is 23.1 Å². The zero-order valence-corrected chi connectivity index (χ0v) is 20.4. The van der Waals surface area contributed by atoms with Crippen LogP contribution < -0.4 is 5.32 Å². The molecule has 0 radical (unpaired) electrons. The van der Waals surface area contributed by atoms with E-state index in [0.717, 1.165) is 27.7 Å². The van der Waals surface area contributed by atoms with Crippen LogP contribution in [0.25, 0.3) is 22.5 Å². The summed E-state index contributed by atoms with van der Waals surface area (Å²) in [7, 11) is 0. The molecule has 3 aromatic carbocycles. The maximum absolute atomic E-state index is 13.6. The van der Waals surface area contributed by atoms with Crippen molar-refractivity contribution in [1.82, 2.24) is 15.0 Å². The van der Waals surface area contributed by atoms with E-state index in [0.29, 0.717) is 17.1 Å². The SMILES string of the molecule is O=C(Cc1ccc(F)cc1)Nc1cc(-c2nc(SCc3ccccc3)[nH]c2-c2ccc(F)cc2)ccn1. The summed E-state index contributed by atoms with van der Waals surface area (Å²) in [5.41, 5.74) is 4.80. The first-order valence-electron chi connectivity index (χ1n) is 11.6. The number of carbonyl (C=O) groups excluding carboxylic acids is 1. The van der Waals surface area contributed by atoms with Gasteiger partial charge in [0.05, 0.1) is 17.8 Å². The molecule has 37 heavy (non-hydrogen) atoms. The Balaban J connectivity index is 1.40. The minimum atomic E-state index is -0.351. The zero-order chi connectivity index (χ0) is 25.6. The monoisotopic (exact) mass is 512 g/mol. The molecule has 5 aromatic rings. The topological polar surface area (TPSA) is 70.7 Å². The number of H-pyrrole nitrogens is 1. The lowest BCUT2D eigenvalue weighted by atomic mass is 10.1. The maximum atomic E-state index is 13.6. The first-order valence-corrected chi connectivity index (χ1v) is 12.6. The predicted octanol–water partition coefficient (Wildman–Crippen LogP) is 6.89. The number of hydrogen-bond acceptors (Lipinski definition) is 4. The van der Waals surface area contributed by atoms with Gasteiger partial charge < -0.3 is 10.3 Å². The van der Waals surface area contributed by atoms with Gasteiger partial charge in [0.2, 0.25) is 5.91 Å². The average molecular weight is 513 g/mol. The molecule has 0 saturated carbocycles. The lowest BCUT2D eigenvalue weighted by molar-refractivity contribution is -0.115. The summed E-state index contributed by atoms with van der Waals surface area (Å²) >= 11 is 1.57. The molecule has 8 heteroatoms. The van der Waals surface area contributed by atoms with Crippen LogP contribution in [0.2, 0.25) is 0 Å². The summed E-state index contributed by atoms with van der Waals surface area (Å²) in [4.78, 5) is 25.0. The van der Waals surface area contributed by atoms with Crippen molar-refractivity contribution in [1.29, 1.82) is 0 Å². The Labute approximate surface area is 217 Å². The Kier molecular flexibility index (Phi) is 7.37. The van der Waals surface area contributed by atoms with Gasteiger partial charge in [-0.1, -0.05) is 54.2 Å². The van der Waals surface area contributed by atoms with Crippen LogP contribution in [-0.2, 0) is 17.0 Å². The third-order valence-corrected chi connectivity index (χ3v) is 6.56. The fraction of sp³-hybridized carbons (Fsp3) is 0.0690. The van der Waals surface area contributed by atoms with Crippen molar-refractivity contribution in [3.63, 3.8) is 0 Å². The van der Waals surface area contributed by atoms with E-state index < -0.39 is 0 Å². The van der Waals surface area contributed by atoms with Gasteiger partial charge in [0.25, 0.3) is 0 Å². The molecule has 0 bridgehead atoms. The Bertz CT molecular complexity index is 1500. The number of nitrogens with one attached hydrogen (secondary N) is 2. The molecule has 0 aliphatic heterocycles. The van der Waals surface area contributed by atoms with E-state index in [9.17, 15) is 13.6 Å². The molecule has 2 heterocycles. The molecule has 0 aliphatic rings. The second-order valence-corrected chi connectivity index (χ2v) is 9.29. The Morgan fingerprint density at radius 3 is 2.27 bits per heavy atom. The zero-order valence-electron chi connectivity index (χ0n) is 19.6. The van der Waals surface area contributed by atoms with E-state index in [4.69, 9.17) is 4.98 Å². The highest BCUT2D eigenvalue weighted by Crippen LogP contribution is 2.34. The van der Waals surface area contributed by atoms with Crippen LogP contribution in [0.4, 0.5) is 14.6 Å². The predicted molar refractivity (Wildman–Crippen MR) is 142 cm³/mol. The Morgan fingerprint density at radius 2 is 1.54 bits per heavy atom. The molecule has 0 aliphatic carbocycles. The number of imidazole rings is 1. The number of nitrogens with zero attached hydrogens (tertiary/aromatic N) is 2. The number of hydrogen-bond donors (Lipinski definition) is 2. The second-order valence-electron chi connectivity index (χ2n) is 8.33. The molecule has 2 aromatic heterocycles. The molecule has 0 fully saturated rings. The quantitative estimate of drug-likeness (QED) is 0.222. The molecule has 0 spiro atoms. The summed E-state index contributed by atoms with van der Waals surface area (Å²) < 4.78 is 26.7. The summed E-state index contributed by atoms with van der Waals surface area (Å²) in [6, 6.07) is 25.7. The Morgan fingerprint density at radius 1 is 0.838 bits per heavy atom. The number of amides is 1. The smallest absolute Gasteiger partial charge is 0.229 e. The highest BCUT2D eigenvalue weighted by molar-refractivity contribution is 7.98. The number of thioether (sulfide) groups is 1. The molecule has 184 valence electrons. The van der Waals surface area contributed by atoms with Crippen molar-refractivity contribution in [2.24, 2.45) is 0 Å². The first kappa shape index (κ1) is 24.4. The van der Waals surface area contributed by atoms with Crippen LogP contribution in [-0.4, -0.2) is 20.9 Å². The second kappa shape index (κ2) is 11.2. The third-order valence-electron chi connectivity index (χ3n) is 5.61. The molecule has 5 rings (SSSR count). The van der Waals surface area contributed by atoms with Gasteiger partial charge in [0.15, 0.2) is 5.16 Å². The van der Waals surface area contributed by atoms with E-state index in [2.05, 4.69) is 27.4 Å². The molecular formula is C29H22F2N4OS. The highest BCUT2D eigenvalue weighted by Gasteiger charge is 2.16. The number of rotatable bonds is 8. The van der Waals surface area contributed by atoms with Crippen molar-refractivity contribution >= 4 is 23.5 Å². The van der Waals surface area contributed by atoms with E-state index in [1.807, 2.05) is 24.3 Å². The lowest BCUT2D eigenvalue weighted by Gasteiger charge is -2.07. The number of anilines is 1. The van der Waals surface area contributed by atoms with Crippen molar-refractivity contribution in [2.75, 3.05) is 5.32 Å². The van der Waals surface area contributed by atoms with Gasteiger partial charge in [-0.3, -0.25) is 4.79 Å². The minimum absolute atomic E-state index is 0.0930. The van der Waals surface area contributed by atoms with E-state index in [-0.39, 0.29) is 24.0 Å². The molecule has 2 N–H and O–H groups in total. The van der Waals surface area contributed by atoms with Crippen molar-refractivity contribution in [3.05, 3.63) is 120 Å². The number of halogens is 2. The van der Waals surface area contributed by atoms with Crippen LogP contribution in [0.5, 0.6) is 0 Å². The molecule has 0 unspecified atom stereocenters. The largest absolute Gasteiger partial charge is 0.332 e. The van der Waals surface area contributed by atoms with Crippen molar-refractivity contribution in [2.45, 2.75) is 17.3 Å². The number of benzene rings is 3. The van der Waals surface area contributed by atoms with Gasteiger partial charge in [0.1, 0.15) is 17.5 Å². The normalized spacial score (nSPS) is 10.9. The van der Waals surface area contributed by atoms with E-state index >= 15 is 0 Å². The van der Waals surface area contributed by atoms with Crippen LogP contribution in [0.3, 0.4) is 0 Å². The fourth-order valence-corrected chi connectivity index (χ4v) is 4.63. The summed E-state index contributed by atoms with van der Waals surface area (Å²) in [6.45, 7) is 0. The number of carbonyl (C=O) groups is 1. The van der Waals surface area contributed by atoms with Gasteiger partial charge in [-0.15, -0.1) is 0 Å².